The van der Waals surface area contributed by atoms with Crippen LogP contribution < -0.4 is 59.3 Å². The van der Waals surface area contributed by atoms with Gasteiger partial charge in [-0.15, -0.1) is 0 Å². The zero-order valence-corrected chi connectivity index (χ0v) is 39.1. The van der Waals surface area contributed by atoms with Crippen molar-refractivity contribution in [3.8, 4) is 0 Å². The number of carbonyl (C=O) groups excluding carboxylic acids is 10. The molecule has 0 aromatic heterocycles. The van der Waals surface area contributed by atoms with Gasteiger partial charge in [-0.05, 0) is 83.1 Å². The molecule has 0 aromatic carbocycles. The summed E-state index contributed by atoms with van der Waals surface area (Å²) in [5.41, 5.74) is 10.8. The minimum Gasteiger partial charge on any atom is -0.480 e. The summed E-state index contributed by atoms with van der Waals surface area (Å²) < 4.78 is 0. The Labute approximate surface area is 389 Å². The Morgan fingerprint density at radius 3 is 1.82 bits per heavy atom. The lowest BCUT2D eigenvalue weighted by molar-refractivity contribution is -0.144. The van der Waals surface area contributed by atoms with E-state index in [1.54, 1.807) is 27.7 Å². The van der Waals surface area contributed by atoms with Gasteiger partial charge in [-0.25, -0.2) is 4.79 Å². The third kappa shape index (κ3) is 21.0. The van der Waals surface area contributed by atoms with Crippen molar-refractivity contribution in [1.29, 1.82) is 0 Å². The van der Waals surface area contributed by atoms with E-state index in [1.807, 2.05) is 0 Å². The standard InChI is InChI=1S/C42H72N12O13/c1-22(2)15-29(53-39(63)26(11-12-32(44)56)50-33(57)19-46-37(61)28-17-25(55)18-45-28)38(62)47-20-34(58)51-30(16-23(3)4)40(64)49-24(5)36(60)48-21-35(59)54-14-8-10-31(54)41(65)52-27(42(66)67)9-6-7-13-43/h22-31,45,55H,6-21,43H2,1-5H3,(H2,44,56)(H,46,61)(H,47,62)(H,48,60)(H,49,64)(H,50,57)(H,51,58)(H,52,65)(H,53,63)(H,66,67)/t24-,25+,26-,27-,28-,29-,30-,31-/m1/s1. The molecule has 2 saturated heterocycles. The van der Waals surface area contributed by atoms with Crippen LogP contribution >= 0.6 is 0 Å². The number of aliphatic hydroxyl groups is 1. The number of hydrogen-bond donors (Lipinski definition) is 13. The van der Waals surface area contributed by atoms with E-state index in [2.05, 4.69) is 47.9 Å². The smallest absolute Gasteiger partial charge is 0.326 e. The summed E-state index contributed by atoms with van der Waals surface area (Å²) in [4.78, 5) is 142. The molecule has 0 saturated carbocycles. The Hall–Kier alpha value is -5.95. The summed E-state index contributed by atoms with van der Waals surface area (Å²) in [5, 5.41) is 41.9. The first-order chi connectivity index (χ1) is 31.5. The fraction of sp³-hybridized carbons (Fsp3) is 0.738. The van der Waals surface area contributed by atoms with Gasteiger partial charge in [0.15, 0.2) is 0 Å². The zero-order valence-electron chi connectivity index (χ0n) is 39.1. The number of likely N-dealkylation sites (tertiary alicyclic amines) is 1. The highest BCUT2D eigenvalue weighted by molar-refractivity contribution is 5.97. The Morgan fingerprint density at radius 2 is 1.25 bits per heavy atom. The molecule has 8 atom stereocenters. The fourth-order valence-electron chi connectivity index (χ4n) is 7.38. The summed E-state index contributed by atoms with van der Waals surface area (Å²) in [7, 11) is 0. The minimum absolute atomic E-state index is 0.0903. The molecule has 2 fully saturated rings. The van der Waals surface area contributed by atoms with E-state index in [9.17, 15) is 63.0 Å². The second-order valence-electron chi connectivity index (χ2n) is 17.7. The van der Waals surface area contributed by atoms with E-state index in [4.69, 9.17) is 11.5 Å². The Kier molecular flexibility index (Phi) is 24.7. The molecule has 0 unspecified atom stereocenters. The molecule has 2 rings (SSSR count). The van der Waals surface area contributed by atoms with Crippen LogP contribution in [0.3, 0.4) is 0 Å². The van der Waals surface area contributed by atoms with Crippen LogP contribution in [0.1, 0.15) is 98.8 Å². The largest absolute Gasteiger partial charge is 0.480 e. The molecule has 10 amide bonds. The van der Waals surface area contributed by atoms with Gasteiger partial charge in [0.1, 0.15) is 36.3 Å². The molecule has 2 heterocycles. The number of nitrogens with two attached hydrogens (primary N) is 2. The van der Waals surface area contributed by atoms with Crippen molar-refractivity contribution in [3.05, 3.63) is 0 Å². The van der Waals surface area contributed by atoms with E-state index in [1.165, 1.54) is 11.8 Å². The first kappa shape index (κ1) is 57.2. The molecule has 0 spiro atoms. The van der Waals surface area contributed by atoms with E-state index in [0.29, 0.717) is 32.2 Å². The summed E-state index contributed by atoms with van der Waals surface area (Å²) >= 11 is 0. The lowest BCUT2D eigenvalue weighted by Gasteiger charge is -2.26. The topological polar surface area (TPSA) is 392 Å². The maximum Gasteiger partial charge on any atom is 0.326 e. The van der Waals surface area contributed by atoms with Crippen LogP contribution in [0.15, 0.2) is 0 Å². The molecule has 378 valence electrons. The van der Waals surface area contributed by atoms with Crippen LogP contribution in [-0.2, 0) is 52.7 Å². The number of primary amides is 1. The molecule has 2 aliphatic rings. The normalized spacial score (nSPS) is 18.9. The number of unbranched alkanes of at least 4 members (excludes halogenated alkanes) is 1. The second kappa shape index (κ2) is 28.9. The van der Waals surface area contributed by atoms with Gasteiger partial charge in [0.25, 0.3) is 0 Å². The SMILES string of the molecule is CC(C)C[C@@H](NC(=O)CNC(=O)[C@@H](CC(C)C)NC(=O)[C@@H](CCC(N)=O)NC(=O)CNC(=O)[C@H]1C[C@H](O)CN1)C(=O)N[C@H](C)C(=O)NCC(=O)N1CCC[C@@H]1C(=O)N[C@H](CCCCN)C(=O)O. The number of β-amino-alcohol motifs (C(OH)–C–C–N with tert-alkyl or cyclic N) is 1. The molecule has 2 aliphatic heterocycles. The van der Waals surface area contributed by atoms with Gasteiger partial charge in [0.2, 0.25) is 59.1 Å². The van der Waals surface area contributed by atoms with Crippen LogP contribution in [0.5, 0.6) is 0 Å². The first-order valence-corrected chi connectivity index (χ1v) is 22.8. The van der Waals surface area contributed by atoms with Crippen molar-refractivity contribution in [3.63, 3.8) is 0 Å². The van der Waals surface area contributed by atoms with Crippen molar-refractivity contribution in [2.75, 3.05) is 39.3 Å². The van der Waals surface area contributed by atoms with Gasteiger partial charge >= 0.3 is 5.97 Å². The fourth-order valence-corrected chi connectivity index (χ4v) is 7.38. The molecular formula is C42H72N12O13. The van der Waals surface area contributed by atoms with Gasteiger partial charge in [0.05, 0.1) is 31.8 Å². The number of aliphatic hydroxyl groups excluding tert-OH is 1. The lowest BCUT2D eigenvalue weighted by atomic mass is 10.0. The second-order valence-corrected chi connectivity index (χ2v) is 17.7. The first-order valence-electron chi connectivity index (χ1n) is 22.8. The van der Waals surface area contributed by atoms with E-state index < -0.39 is 133 Å². The summed E-state index contributed by atoms with van der Waals surface area (Å²) in [6, 6.07) is -7.70. The van der Waals surface area contributed by atoms with Crippen LogP contribution in [0, 0.1) is 11.8 Å². The van der Waals surface area contributed by atoms with Gasteiger partial charge in [-0.3, -0.25) is 47.9 Å². The Bertz CT molecular complexity index is 1770. The van der Waals surface area contributed by atoms with Crippen LogP contribution in [0.25, 0.3) is 0 Å². The number of carboxylic acid groups (broad SMARTS) is 1. The van der Waals surface area contributed by atoms with Crippen molar-refractivity contribution < 1.29 is 63.0 Å². The molecule has 25 heteroatoms. The van der Waals surface area contributed by atoms with E-state index >= 15 is 0 Å². The maximum absolute atomic E-state index is 13.4. The quantitative estimate of drug-likeness (QED) is 0.0313. The Balaban J connectivity index is 1.98. The van der Waals surface area contributed by atoms with E-state index in [0.717, 1.165) is 0 Å². The van der Waals surface area contributed by atoms with Gasteiger partial charge in [-0.1, -0.05) is 27.7 Å². The zero-order chi connectivity index (χ0) is 50.4. The van der Waals surface area contributed by atoms with Gasteiger partial charge in [-0.2, -0.15) is 0 Å². The van der Waals surface area contributed by atoms with Crippen LogP contribution in [-0.4, -0.2) is 168 Å². The van der Waals surface area contributed by atoms with Crippen LogP contribution in [0.2, 0.25) is 0 Å². The van der Waals surface area contributed by atoms with Crippen molar-refractivity contribution in [2.24, 2.45) is 23.3 Å². The number of carboxylic acids is 1. The highest BCUT2D eigenvalue weighted by Crippen LogP contribution is 2.18. The number of carbonyl (C=O) groups is 11. The molecule has 15 N–H and O–H groups in total. The lowest BCUT2D eigenvalue weighted by Crippen LogP contribution is -2.57. The average Bonchev–Trinajstić information content (AvgIpc) is 3.93. The average molecular weight is 953 g/mol. The number of nitrogens with one attached hydrogen (secondary N) is 9. The molecule has 0 bridgehead atoms. The van der Waals surface area contributed by atoms with E-state index in [-0.39, 0.29) is 63.5 Å². The predicted molar refractivity (Wildman–Crippen MR) is 239 cm³/mol. The Morgan fingerprint density at radius 1 is 0.672 bits per heavy atom. The van der Waals surface area contributed by atoms with Gasteiger partial charge < -0.3 is 74.4 Å². The van der Waals surface area contributed by atoms with Crippen LogP contribution in [0.4, 0.5) is 0 Å². The van der Waals surface area contributed by atoms with Crippen molar-refractivity contribution in [1.82, 2.24) is 52.8 Å². The summed E-state index contributed by atoms with van der Waals surface area (Å²) in [6.45, 7) is 7.63. The number of rotatable bonds is 29. The van der Waals surface area contributed by atoms with Gasteiger partial charge in [0, 0.05) is 19.5 Å². The summed E-state index contributed by atoms with van der Waals surface area (Å²) in [6.07, 6.45) is 1.14. The number of amides is 10. The summed E-state index contributed by atoms with van der Waals surface area (Å²) in [5.74, 6) is -8.65. The third-order valence-corrected chi connectivity index (χ3v) is 10.9. The highest BCUT2D eigenvalue weighted by Gasteiger charge is 2.36. The number of aliphatic carboxylic acids is 1. The molecule has 0 aliphatic carbocycles. The van der Waals surface area contributed by atoms with Crippen molar-refractivity contribution in [2.45, 2.75) is 147 Å². The monoisotopic (exact) mass is 953 g/mol. The molecular weight excluding hydrogens is 881 g/mol. The molecule has 67 heavy (non-hydrogen) atoms. The predicted octanol–water partition coefficient (Wildman–Crippen LogP) is -4.94. The third-order valence-electron chi connectivity index (χ3n) is 10.9. The highest BCUT2D eigenvalue weighted by atomic mass is 16.4. The minimum atomic E-state index is -1.35. The molecule has 25 nitrogen and oxygen atoms in total. The number of nitrogens with zero attached hydrogens (tertiary/aromatic N) is 1. The molecule has 0 aromatic rings. The number of hydrogen-bond acceptors (Lipinski definition) is 14. The van der Waals surface area contributed by atoms with Crippen molar-refractivity contribution >= 4 is 65.0 Å². The molecule has 0 radical (unpaired) electrons. The maximum atomic E-state index is 13.4.